The van der Waals surface area contributed by atoms with Crippen LogP contribution in [0.5, 0.6) is 0 Å². The van der Waals surface area contributed by atoms with Gasteiger partial charge in [0.05, 0.1) is 0 Å². The average molecular weight is 261 g/mol. The van der Waals surface area contributed by atoms with E-state index in [0.717, 1.165) is 13.1 Å². The van der Waals surface area contributed by atoms with Gasteiger partial charge in [-0.2, -0.15) is 0 Å². The Kier molecular flexibility index (Phi) is 4.16. The van der Waals surface area contributed by atoms with E-state index in [4.69, 9.17) is 0 Å². The summed E-state index contributed by atoms with van der Waals surface area (Å²) in [4.78, 5) is 25.9. The van der Waals surface area contributed by atoms with Gasteiger partial charge in [0, 0.05) is 43.9 Å². The van der Waals surface area contributed by atoms with Crippen LogP contribution in [0.25, 0.3) is 0 Å². The number of hydrogen-bond donors (Lipinski definition) is 2. The van der Waals surface area contributed by atoms with Gasteiger partial charge in [-0.05, 0) is 25.1 Å². The minimum absolute atomic E-state index is 0.0141. The summed E-state index contributed by atoms with van der Waals surface area (Å²) < 4.78 is 0. The first kappa shape index (κ1) is 13.5. The first-order chi connectivity index (χ1) is 9.13. The minimum atomic E-state index is -0.178. The van der Waals surface area contributed by atoms with E-state index >= 15 is 0 Å². The van der Waals surface area contributed by atoms with Gasteiger partial charge >= 0.3 is 0 Å². The summed E-state index contributed by atoms with van der Waals surface area (Å²) in [6.07, 6.45) is 0. The number of hydrogen-bond acceptors (Lipinski definition) is 3. The number of benzene rings is 1. The zero-order chi connectivity index (χ0) is 13.8. The van der Waals surface area contributed by atoms with Crippen molar-refractivity contribution < 1.29 is 9.59 Å². The highest BCUT2D eigenvalue weighted by Gasteiger charge is 2.24. The molecule has 2 rings (SSSR count). The van der Waals surface area contributed by atoms with Gasteiger partial charge in [0.2, 0.25) is 0 Å². The second kappa shape index (κ2) is 5.84. The van der Waals surface area contributed by atoms with Gasteiger partial charge in [0.15, 0.2) is 0 Å². The van der Waals surface area contributed by atoms with Gasteiger partial charge in [0.1, 0.15) is 0 Å². The molecule has 1 atom stereocenters. The normalized spacial score (nSPS) is 19.1. The van der Waals surface area contributed by atoms with E-state index in [1.807, 2.05) is 11.8 Å². The second-order valence-electron chi connectivity index (χ2n) is 4.71. The Morgan fingerprint density at radius 2 is 2.11 bits per heavy atom. The van der Waals surface area contributed by atoms with Crippen LogP contribution >= 0.6 is 0 Å². The third kappa shape index (κ3) is 2.93. The van der Waals surface area contributed by atoms with Gasteiger partial charge in [0.25, 0.3) is 11.8 Å². The van der Waals surface area contributed by atoms with Gasteiger partial charge in [-0.15, -0.1) is 0 Å². The van der Waals surface area contributed by atoms with Crippen LogP contribution in [0.15, 0.2) is 24.3 Å². The summed E-state index contributed by atoms with van der Waals surface area (Å²) in [5.41, 5.74) is 1.07. The predicted molar refractivity (Wildman–Crippen MR) is 73.2 cm³/mol. The van der Waals surface area contributed by atoms with E-state index in [-0.39, 0.29) is 17.9 Å². The number of nitrogens with zero attached hydrogens (tertiary/aromatic N) is 1. The molecular formula is C14H19N3O2. The largest absolute Gasteiger partial charge is 0.355 e. The van der Waals surface area contributed by atoms with Crippen LogP contribution in [0.2, 0.25) is 0 Å². The average Bonchev–Trinajstić information content (AvgIpc) is 2.46. The van der Waals surface area contributed by atoms with Crippen molar-refractivity contribution in [3.63, 3.8) is 0 Å². The monoisotopic (exact) mass is 261 g/mol. The lowest BCUT2D eigenvalue weighted by atomic mass is 10.1. The third-order valence-corrected chi connectivity index (χ3v) is 3.36. The Balaban J connectivity index is 2.21. The molecule has 1 aliphatic rings. The zero-order valence-corrected chi connectivity index (χ0v) is 11.3. The number of carbonyl (C=O) groups excluding carboxylic acids is 2. The molecule has 1 aliphatic heterocycles. The topological polar surface area (TPSA) is 61.4 Å². The predicted octanol–water partition coefficient (Wildman–Crippen LogP) is 0.480. The summed E-state index contributed by atoms with van der Waals surface area (Å²) in [7, 11) is 1.58. The molecule has 1 aromatic rings. The molecule has 102 valence electrons. The molecule has 1 fully saturated rings. The fourth-order valence-corrected chi connectivity index (χ4v) is 2.25. The molecule has 0 saturated carbocycles. The lowest BCUT2D eigenvalue weighted by molar-refractivity contribution is 0.0656. The molecule has 1 heterocycles. The summed E-state index contributed by atoms with van der Waals surface area (Å²) in [6, 6.07) is 7.02. The van der Waals surface area contributed by atoms with Crippen molar-refractivity contribution in [2.75, 3.05) is 26.7 Å². The SMILES string of the molecule is CNC(=O)c1cccc(C(=O)N2CCNC[C@H]2C)c1. The van der Waals surface area contributed by atoms with E-state index < -0.39 is 0 Å². The fraction of sp³-hybridized carbons (Fsp3) is 0.429. The van der Waals surface area contributed by atoms with E-state index in [1.165, 1.54) is 0 Å². The maximum absolute atomic E-state index is 12.4. The van der Waals surface area contributed by atoms with Gasteiger partial charge in [-0.3, -0.25) is 9.59 Å². The van der Waals surface area contributed by atoms with Crippen LogP contribution < -0.4 is 10.6 Å². The van der Waals surface area contributed by atoms with Crippen LogP contribution in [0.4, 0.5) is 0 Å². The van der Waals surface area contributed by atoms with Crippen molar-refractivity contribution in [3.05, 3.63) is 35.4 Å². The highest BCUT2D eigenvalue weighted by molar-refractivity contribution is 5.99. The molecule has 0 aliphatic carbocycles. The number of piperazine rings is 1. The molecule has 5 nitrogen and oxygen atoms in total. The molecule has 0 spiro atoms. The smallest absolute Gasteiger partial charge is 0.254 e. The summed E-state index contributed by atoms with van der Waals surface area (Å²) >= 11 is 0. The highest BCUT2D eigenvalue weighted by Crippen LogP contribution is 2.12. The van der Waals surface area contributed by atoms with Gasteiger partial charge in [-0.25, -0.2) is 0 Å². The Bertz CT molecular complexity index is 487. The molecule has 5 heteroatoms. The third-order valence-electron chi connectivity index (χ3n) is 3.36. The molecule has 2 N–H and O–H groups in total. The number of nitrogens with one attached hydrogen (secondary N) is 2. The summed E-state index contributed by atoms with van der Waals surface area (Å²) in [5.74, 6) is -0.192. The van der Waals surface area contributed by atoms with Crippen molar-refractivity contribution in [1.29, 1.82) is 0 Å². The first-order valence-electron chi connectivity index (χ1n) is 6.47. The Hall–Kier alpha value is -1.88. The van der Waals surface area contributed by atoms with Crippen LogP contribution in [0.3, 0.4) is 0 Å². The highest BCUT2D eigenvalue weighted by atomic mass is 16.2. The van der Waals surface area contributed by atoms with Crippen LogP contribution in [0, 0.1) is 0 Å². The van der Waals surface area contributed by atoms with Crippen molar-refractivity contribution in [2.24, 2.45) is 0 Å². The quantitative estimate of drug-likeness (QED) is 0.814. The van der Waals surface area contributed by atoms with Crippen LogP contribution in [-0.2, 0) is 0 Å². The molecule has 0 bridgehead atoms. The van der Waals surface area contributed by atoms with Crippen LogP contribution in [0.1, 0.15) is 27.6 Å². The minimum Gasteiger partial charge on any atom is -0.355 e. The Morgan fingerprint density at radius 1 is 1.37 bits per heavy atom. The van der Waals surface area contributed by atoms with Crippen molar-refractivity contribution >= 4 is 11.8 Å². The molecule has 1 saturated heterocycles. The molecule has 0 unspecified atom stereocenters. The standard InChI is InChI=1S/C14H19N3O2/c1-10-9-16-6-7-17(10)14(19)12-5-3-4-11(8-12)13(18)15-2/h3-5,8,10,16H,6-7,9H2,1-2H3,(H,15,18)/t10-/m1/s1. The summed E-state index contributed by atoms with van der Waals surface area (Å²) in [5, 5.41) is 5.81. The number of rotatable bonds is 2. The maximum atomic E-state index is 12.4. The van der Waals surface area contributed by atoms with E-state index in [9.17, 15) is 9.59 Å². The maximum Gasteiger partial charge on any atom is 0.254 e. The molecule has 1 aromatic carbocycles. The van der Waals surface area contributed by atoms with Crippen LogP contribution in [-0.4, -0.2) is 49.4 Å². The fourth-order valence-electron chi connectivity index (χ4n) is 2.25. The molecule has 19 heavy (non-hydrogen) atoms. The van der Waals surface area contributed by atoms with Gasteiger partial charge in [-0.1, -0.05) is 6.07 Å². The lowest BCUT2D eigenvalue weighted by Crippen LogP contribution is -2.52. The zero-order valence-electron chi connectivity index (χ0n) is 11.3. The molecular weight excluding hydrogens is 242 g/mol. The first-order valence-corrected chi connectivity index (χ1v) is 6.47. The van der Waals surface area contributed by atoms with Gasteiger partial charge < -0.3 is 15.5 Å². The Labute approximate surface area is 113 Å². The van der Waals surface area contributed by atoms with E-state index in [2.05, 4.69) is 10.6 Å². The Morgan fingerprint density at radius 3 is 2.79 bits per heavy atom. The number of amides is 2. The molecule has 0 radical (unpaired) electrons. The molecule has 2 amide bonds. The second-order valence-corrected chi connectivity index (χ2v) is 4.71. The van der Waals surface area contributed by atoms with E-state index in [1.54, 1.807) is 31.3 Å². The van der Waals surface area contributed by atoms with Crippen molar-refractivity contribution in [2.45, 2.75) is 13.0 Å². The number of carbonyl (C=O) groups is 2. The van der Waals surface area contributed by atoms with Crippen molar-refractivity contribution in [3.8, 4) is 0 Å². The van der Waals surface area contributed by atoms with Crippen molar-refractivity contribution in [1.82, 2.24) is 15.5 Å². The summed E-state index contributed by atoms with van der Waals surface area (Å²) in [6.45, 7) is 4.34. The molecule has 0 aromatic heterocycles. The lowest BCUT2D eigenvalue weighted by Gasteiger charge is -2.34. The van der Waals surface area contributed by atoms with E-state index in [0.29, 0.717) is 17.7 Å².